The first kappa shape index (κ1) is 16.4. The maximum Gasteiger partial charge on any atom is 0.167 e. The Hall–Kier alpha value is -2.46. The molecule has 4 nitrogen and oxygen atoms in total. The number of fused-ring (bicyclic) bond motifs is 1. The van der Waals surface area contributed by atoms with Crippen LogP contribution in [0.5, 0.6) is 11.5 Å². The molecule has 124 valence electrons. The monoisotopic (exact) mass is 343 g/mol. The highest BCUT2D eigenvalue weighted by molar-refractivity contribution is 6.32. The topological polar surface area (TPSA) is 39.9 Å². The van der Waals surface area contributed by atoms with Crippen molar-refractivity contribution < 1.29 is 14.3 Å². The van der Waals surface area contributed by atoms with Crippen molar-refractivity contribution in [2.45, 2.75) is 13.3 Å². The largest absolute Gasteiger partial charge is 0.496 e. The SMILES string of the molecule is CCc1ccc2cc(-c3cc(Cl)c(OC)cc3OC)c(C=O)n2c1. The van der Waals surface area contributed by atoms with E-state index in [-0.39, 0.29) is 0 Å². The van der Waals surface area contributed by atoms with Crippen LogP contribution in [0, 0.1) is 0 Å². The molecule has 0 amide bonds. The molecule has 0 saturated carbocycles. The standard InChI is InChI=1S/C19H18ClNO3/c1-4-12-5-6-13-7-14(17(11-22)21(13)10-12)15-8-16(20)19(24-3)9-18(15)23-2/h5-11H,4H2,1-3H3. The highest BCUT2D eigenvalue weighted by Crippen LogP contribution is 2.40. The second-order valence-electron chi connectivity index (χ2n) is 5.43. The van der Waals surface area contributed by atoms with Crippen molar-refractivity contribution >= 4 is 23.4 Å². The van der Waals surface area contributed by atoms with Crippen molar-refractivity contribution in [2.24, 2.45) is 0 Å². The Labute approximate surface area is 145 Å². The van der Waals surface area contributed by atoms with Gasteiger partial charge >= 0.3 is 0 Å². The van der Waals surface area contributed by atoms with Gasteiger partial charge in [0.25, 0.3) is 0 Å². The van der Waals surface area contributed by atoms with Gasteiger partial charge in [0.05, 0.1) is 24.9 Å². The van der Waals surface area contributed by atoms with Crippen molar-refractivity contribution in [2.75, 3.05) is 14.2 Å². The summed E-state index contributed by atoms with van der Waals surface area (Å²) in [4.78, 5) is 11.8. The van der Waals surface area contributed by atoms with E-state index in [1.807, 2.05) is 22.7 Å². The van der Waals surface area contributed by atoms with E-state index in [1.54, 1.807) is 26.4 Å². The summed E-state index contributed by atoms with van der Waals surface area (Å²) in [6.07, 6.45) is 3.75. The van der Waals surface area contributed by atoms with Gasteiger partial charge in [0.15, 0.2) is 6.29 Å². The van der Waals surface area contributed by atoms with Crippen molar-refractivity contribution in [3.8, 4) is 22.6 Å². The van der Waals surface area contributed by atoms with Gasteiger partial charge in [-0.1, -0.05) is 24.6 Å². The van der Waals surface area contributed by atoms with Crippen LogP contribution >= 0.6 is 11.6 Å². The van der Waals surface area contributed by atoms with Crippen LogP contribution in [0.15, 0.2) is 36.5 Å². The molecule has 0 spiro atoms. The molecule has 5 heteroatoms. The number of carbonyl (C=O) groups is 1. The predicted molar refractivity (Wildman–Crippen MR) is 95.7 cm³/mol. The van der Waals surface area contributed by atoms with Crippen LogP contribution in [0.3, 0.4) is 0 Å². The number of hydrogen-bond acceptors (Lipinski definition) is 3. The van der Waals surface area contributed by atoms with E-state index in [4.69, 9.17) is 21.1 Å². The third kappa shape index (κ3) is 2.63. The fourth-order valence-electron chi connectivity index (χ4n) is 2.85. The molecule has 0 aliphatic heterocycles. The van der Waals surface area contributed by atoms with Crippen molar-refractivity contribution in [3.05, 3.63) is 52.8 Å². The quantitative estimate of drug-likeness (QED) is 0.633. The van der Waals surface area contributed by atoms with Gasteiger partial charge in [-0.25, -0.2) is 0 Å². The van der Waals surface area contributed by atoms with E-state index >= 15 is 0 Å². The zero-order valence-corrected chi connectivity index (χ0v) is 14.6. The Morgan fingerprint density at radius 1 is 1.08 bits per heavy atom. The molecule has 2 aromatic heterocycles. The van der Waals surface area contributed by atoms with Gasteiger partial charge in [-0.05, 0) is 30.2 Å². The van der Waals surface area contributed by atoms with Crippen LogP contribution in [0.2, 0.25) is 5.02 Å². The van der Waals surface area contributed by atoms with E-state index in [0.29, 0.717) is 22.2 Å². The summed E-state index contributed by atoms with van der Waals surface area (Å²) in [6, 6.07) is 9.52. The van der Waals surface area contributed by atoms with Crippen molar-refractivity contribution in [3.63, 3.8) is 0 Å². The molecule has 0 aliphatic carbocycles. The highest BCUT2D eigenvalue weighted by atomic mass is 35.5. The number of carbonyl (C=O) groups excluding carboxylic acids is 1. The summed E-state index contributed by atoms with van der Waals surface area (Å²) in [6.45, 7) is 2.08. The number of ether oxygens (including phenoxy) is 2. The second-order valence-corrected chi connectivity index (χ2v) is 5.84. The lowest BCUT2D eigenvalue weighted by Gasteiger charge is -2.12. The number of hydrogen-bond donors (Lipinski definition) is 0. The number of aldehydes is 1. The minimum absolute atomic E-state index is 0.467. The van der Waals surface area contributed by atoms with Gasteiger partial charge in [-0.3, -0.25) is 4.79 Å². The van der Waals surface area contributed by atoms with E-state index in [9.17, 15) is 4.79 Å². The van der Waals surface area contributed by atoms with Crippen LogP contribution in [0.1, 0.15) is 23.0 Å². The minimum atomic E-state index is 0.467. The molecular weight excluding hydrogens is 326 g/mol. The van der Waals surface area contributed by atoms with Crippen LogP contribution in [-0.4, -0.2) is 24.9 Å². The molecule has 0 N–H and O–H groups in total. The van der Waals surface area contributed by atoms with Crippen LogP contribution in [-0.2, 0) is 6.42 Å². The summed E-state index contributed by atoms with van der Waals surface area (Å²) in [7, 11) is 3.13. The van der Waals surface area contributed by atoms with Gasteiger partial charge in [0.1, 0.15) is 11.5 Å². The number of pyridine rings is 1. The normalized spacial score (nSPS) is 10.8. The summed E-state index contributed by atoms with van der Waals surface area (Å²) >= 11 is 6.27. The van der Waals surface area contributed by atoms with Gasteiger partial charge in [0, 0.05) is 28.9 Å². The lowest BCUT2D eigenvalue weighted by atomic mass is 10.0. The molecule has 1 aromatic carbocycles. The van der Waals surface area contributed by atoms with Gasteiger partial charge < -0.3 is 13.9 Å². The Kier molecular flexibility index (Phi) is 4.49. The van der Waals surface area contributed by atoms with E-state index in [2.05, 4.69) is 13.0 Å². The number of methoxy groups -OCH3 is 2. The Balaban J connectivity index is 2.29. The lowest BCUT2D eigenvalue weighted by Crippen LogP contribution is -1.96. The number of aromatic nitrogens is 1. The highest BCUT2D eigenvalue weighted by Gasteiger charge is 2.18. The molecular formula is C19H18ClNO3. The zero-order valence-electron chi connectivity index (χ0n) is 13.8. The lowest BCUT2D eigenvalue weighted by molar-refractivity contribution is 0.111. The molecule has 0 aliphatic rings. The average Bonchev–Trinajstić information content (AvgIpc) is 2.98. The molecule has 2 heterocycles. The third-order valence-corrected chi connectivity index (χ3v) is 4.45. The number of halogens is 1. The summed E-state index contributed by atoms with van der Waals surface area (Å²) < 4.78 is 12.6. The molecule has 24 heavy (non-hydrogen) atoms. The van der Waals surface area contributed by atoms with Crippen LogP contribution < -0.4 is 9.47 Å². The number of rotatable bonds is 5. The Bertz CT molecular complexity index is 915. The first-order valence-electron chi connectivity index (χ1n) is 7.64. The fraction of sp³-hybridized carbons (Fsp3) is 0.211. The first-order chi connectivity index (χ1) is 11.6. The maximum absolute atomic E-state index is 11.8. The zero-order chi connectivity index (χ0) is 17.3. The molecule has 0 bridgehead atoms. The first-order valence-corrected chi connectivity index (χ1v) is 8.01. The van der Waals surface area contributed by atoms with Crippen LogP contribution in [0.25, 0.3) is 16.6 Å². The minimum Gasteiger partial charge on any atom is -0.496 e. The summed E-state index contributed by atoms with van der Waals surface area (Å²) in [5, 5.41) is 0.467. The predicted octanol–water partition coefficient (Wildman–Crippen LogP) is 4.65. The fourth-order valence-corrected chi connectivity index (χ4v) is 3.09. The molecule has 0 saturated heterocycles. The maximum atomic E-state index is 11.8. The molecule has 0 unspecified atom stereocenters. The molecule has 0 atom stereocenters. The number of benzene rings is 1. The van der Waals surface area contributed by atoms with E-state index in [0.717, 1.165) is 34.9 Å². The molecule has 0 fully saturated rings. The average molecular weight is 344 g/mol. The molecule has 3 aromatic rings. The smallest absolute Gasteiger partial charge is 0.167 e. The van der Waals surface area contributed by atoms with Gasteiger partial charge in [-0.15, -0.1) is 0 Å². The van der Waals surface area contributed by atoms with E-state index in [1.165, 1.54) is 0 Å². The second kappa shape index (κ2) is 6.57. The van der Waals surface area contributed by atoms with Crippen LogP contribution in [0.4, 0.5) is 0 Å². The number of nitrogens with zero attached hydrogens (tertiary/aromatic N) is 1. The molecule has 0 radical (unpaired) electrons. The van der Waals surface area contributed by atoms with Crippen molar-refractivity contribution in [1.82, 2.24) is 4.40 Å². The number of aryl methyl sites for hydroxylation is 1. The Morgan fingerprint density at radius 3 is 2.46 bits per heavy atom. The summed E-state index contributed by atoms with van der Waals surface area (Å²) in [5.41, 5.74) is 4.21. The summed E-state index contributed by atoms with van der Waals surface area (Å²) in [5.74, 6) is 1.13. The van der Waals surface area contributed by atoms with Crippen molar-refractivity contribution in [1.29, 1.82) is 0 Å². The third-order valence-electron chi connectivity index (χ3n) is 4.15. The van der Waals surface area contributed by atoms with Gasteiger partial charge in [0.2, 0.25) is 0 Å². The van der Waals surface area contributed by atoms with Gasteiger partial charge in [-0.2, -0.15) is 0 Å². The molecule has 3 rings (SSSR count). The Morgan fingerprint density at radius 2 is 1.83 bits per heavy atom. The van der Waals surface area contributed by atoms with E-state index < -0.39 is 0 Å².